The molecule has 1 N–H and O–H groups in total. The molecule has 1 amide bonds. The Bertz CT molecular complexity index is 1930. The predicted octanol–water partition coefficient (Wildman–Crippen LogP) is 7.28. The SMILES string of the molecule is Cc1cccc(C)c1-c1cc2nc(n1)NS(=O)(=O)c1cccc(c1)C(=O)N(Cc1ncccc1N(C)CC(C)(C)C)[C@H](CC(C)(C)C)CO2. The number of pyridine rings is 1. The molecule has 49 heavy (non-hydrogen) atoms. The summed E-state index contributed by atoms with van der Waals surface area (Å²) in [6.07, 6.45) is 2.33. The number of benzene rings is 2. The summed E-state index contributed by atoms with van der Waals surface area (Å²) in [5.41, 5.74) is 5.09. The average Bonchev–Trinajstić information content (AvgIpc) is 3.00. The van der Waals surface area contributed by atoms with Crippen molar-refractivity contribution in [2.75, 3.05) is 29.8 Å². The van der Waals surface area contributed by atoms with Crippen LogP contribution in [-0.4, -0.2) is 60.4 Å². The normalized spacial score (nSPS) is 16.5. The number of anilines is 2. The molecule has 1 aliphatic heterocycles. The van der Waals surface area contributed by atoms with Crippen LogP contribution in [0.2, 0.25) is 0 Å². The molecule has 2 aromatic carbocycles. The zero-order valence-electron chi connectivity index (χ0n) is 30.0. The van der Waals surface area contributed by atoms with Crippen LogP contribution in [0, 0.1) is 24.7 Å². The first kappa shape index (κ1) is 35.8. The molecule has 3 heterocycles. The molecule has 0 radical (unpaired) electrons. The van der Waals surface area contributed by atoms with Gasteiger partial charge < -0.3 is 14.5 Å². The summed E-state index contributed by atoms with van der Waals surface area (Å²) in [6.45, 7) is 17.9. The molecule has 1 atom stereocenters. The molecule has 10 nitrogen and oxygen atoms in total. The van der Waals surface area contributed by atoms with E-state index in [1.807, 2.05) is 51.2 Å². The lowest BCUT2D eigenvalue weighted by atomic mass is 9.87. The van der Waals surface area contributed by atoms with Crippen LogP contribution in [-0.2, 0) is 16.6 Å². The van der Waals surface area contributed by atoms with Crippen LogP contribution in [0.4, 0.5) is 11.6 Å². The Morgan fingerprint density at radius 3 is 2.31 bits per heavy atom. The molecular weight excluding hydrogens is 637 g/mol. The zero-order chi connectivity index (χ0) is 35.7. The summed E-state index contributed by atoms with van der Waals surface area (Å²) in [7, 11) is -2.14. The quantitative estimate of drug-likeness (QED) is 0.225. The van der Waals surface area contributed by atoms with E-state index in [9.17, 15) is 13.2 Å². The molecule has 0 unspecified atom stereocenters. The van der Waals surface area contributed by atoms with Gasteiger partial charge in [0.25, 0.3) is 15.9 Å². The molecule has 0 saturated heterocycles. The van der Waals surface area contributed by atoms with E-state index < -0.39 is 16.1 Å². The minimum absolute atomic E-state index is 0.0261. The van der Waals surface area contributed by atoms with Crippen molar-refractivity contribution in [1.82, 2.24) is 19.9 Å². The smallest absolute Gasteiger partial charge is 0.264 e. The molecular formula is C38H48N6O4S. The first-order valence-corrected chi connectivity index (χ1v) is 18.1. The van der Waals surface area contributed by atoms with Gasteiger partial charge in [0.05, 0.1) is 34.6 Å². The Kier molecular flexibility index (Phi) is 10.1. The van der Waals surface area contributed by atoms with Gasteiger partial charge in [-0.1, -0.05) is 65.8 Å². The number of fused-ring (bicyclic) bond motifs is 4. The van der Waals surface area contributed by atoms with Crippen molar-refractivity contribution >= 4 is 27.6 Å². The largest absolute Gasteiger partial charge is 0.475 e. The molecule has 11 heteroatoms. The van der Waals surface area contributed by atoms with Crippen LogP contribution in [0.5, 0.6) is 5.88 Å². The Labute approximate surface area is 291 Å². The molecule has 5 rings (SSSR count). The highest BCUT2D eigenvalue weighted by atomic mass is 32.2. The third-order valence-electron chi connectivity index (χ3n) is 8.34. The monoisotopic (exact) mass is 684 g/mol. The maximum absolute atomic E-state index is 14.6. The number of ether oxygens (including phenoxy) is 1. The van der Waals surface area contributed by atoms with Gasteiger partial charge in [-0.05, 0) is 72.6 Å². The van der Waals surface area contributed by atoms with Crippen molar-refractivity contribution in [2.24, 2.45) is 10.8 Å². The number of amides is 1. The lowest BCUT2D eigenvalue weighted by Crippen LogP contribution is -2.45. The fourth-order valence-electron chi connectivity index (χ4n) is 6.40. The highest BCUT2D eigenvalue weighted by molar-refractivity contribution is 7.92. The van der Waals surface area contributed by atoms with Crippen molar-refractivity contribution in [3.05, 3.63) is 89.2 Å². The summed E-state index contributed by atoms with van der Waals surface area (Å²) >= 11 is 0. The highest BCUT2D eigenvalue weighted by Crippen LogP contribution is 2.32. The van der Waals surface area contributed by atoms with E-state index in [1.165, 1.54) is 12.1 Å². The van der Waals surface area contributed by atoms with E-state index in [0.717, 1.165) is 34.6 Å². The second kappa shape index (κ2) is 13.8. The Morgan fingerprint density at radius 1 is 0.939 bits per heavy atom. The van der Waals surface area contributed by atoms with Crippen molar-refractivity contribution < 1.29 is 17.9 Å². The number of rotatable bonds is 6. The van der Waals surface area contributed by atoms with Gasteiger partial charge in [-0.15, -0.1) is 0 Å². The molecule has 0 saturated carbocycles. The molecule has 2 aromatic heterocycles. The van der Waals surface area contributed by atoms with Gasteiger partial charge >= 0.3 is 0 Å². The van der Waals surface area contributed by atoms with Crippen LogP contribution in [0.15, 0.2) is 71.8 Å². The molecule has 0 spiro atoms. The fourth-order valence-corrected chi connectivity index (χ4v) is 7.39. The van der Waals surface area contributed by atoms with Gasteiger partial charge in [0.1, 0.15) is 6.61 Å². The van der Waals surface area contributed by atoms with Crippen LogP contribution in [0.25, 0.3) is 11.3 Å². The number of nitrogens with one attached hydrogen (secondary N) is 1. The summed E-state index contributed by atoms with van der Waals surface area (Å²) in [5, 5.41) is 0. The van der Waals surface area contributed by atoms with Gasteiger partial charge in [0, 0.05) is 37.0 Å². The van der Waals surface area contributed by atoms with E-state index in [2.05, 4.69) is 61.1 Å². The van der Waals surface area contributed by atoms with Crippen molar-refractivity contribution in [2.45, 2.75) is 79.3 Å². The third kappa shape index (κ3) is 8.75. The summed E-state index contributed by atoms with van der Waals surface area (Å²) in [4.78, 5) is 32.4. The van der Waals surface area contributed by atoms with Gasteiger partial charge in [-0.2, -0.15) is 4.98 Å². The van der Waals surface area contributed by atoms with Crippen LogP contribution >= 0.6 is 0 Å². The second-order valence-electron chi connectivity index (χ2n) is 15.4. The second-order valence-corrected chi connectivity index (χ2v) is 17.0. The number of hydrogen-bond acceptors (Lipinski definition) is 8. The molecule has 0 aliphatic carbocycles. The van der Waals surface area contributed by atoms with E-state index in [-0.39, 0.29) is 52.2 Å². The third-order valence-corrected chi connectivity index (χ3v) is 9.66. The van der Waals surface area contributed by atoms with Crippen LogP contribution in [0.1, 0.15) is 75.1 Å². The molecule has 260 valence electrons. The van der Waals surface area contributed by atoms with E-state index in [0.29, 0.717) is 12.1 Å². The zero-order valence-corrected chi connectivity index (χ0v) is 30.9. The molecule has 1 aliphatic rings. The number of hydrogen-bond donors (Lipinski definition) is 1. The number of sulfonamides is 1. The summed E-state index contributed by atoms with van der Waals surface area (Å²) in [5.74, 6) is -0.236. The molecule has 0 fully saturated rings. The van der Waals surface area contributed by atoms with Gasteiger partial charge in [-0.25, -0.2) is 18.1 Å². The van der Waals surface area contributed by atoms with Crippen molar-refractivity contribution in [1.29, 1.82) is 0 Å². The first-order chi connectivity index (χ1) is 22.9. The van der Waals surface area contributed by atoms with E-state index >= 15 is 0 Å². The minimum atomic E-state index is -4.18. The molecule has 4 bridgehead atoms. The number of carbonyl (C=O) groups is 1. The van der Waals surface area contributed by atoms with Gasteiger partial charge in [0.2, 0.25) is 11.8 Å². The number of aryl methyl sites for hydroxylation is 2. The van der Waals surface area contributed by atoms with Crippen LogP contribution in [0.3, 0.4) is 0 Å². The standard InChI is InChI=1S/C38H48N6O4S/c1-25-13-10-14-26(2)34(25)30-20-33-41-36(40-30)42-49(46,47)29-16-11-15-27(19-29)35(45)44(28(23-48-33)21-37(3,4)5)22-31-32(17-12-18-39-31)43(9)24-38(6,7)8/h10-20,28H,21-24H2,1-9H3,(H,40,41,42)/t28-/m1/s1. The fraction of sp³-hybridized carbons (Fsp3) is 0.421. The first-order valence-electron chi connectivity index (χ1n) is 16.6. The Hall–Kier alpha value is -4.51. The maximum Gasteiger partial charge on any atom is 0.264 e. The van der Waals surface area contributed by atoms with E-state index in [1.54, 1.807) is 29.3 Å². The Balaban J connectivity index is 1.67. The Morgan fingerprint density at radius 2 is 1.63 bits per heavy atom. The summed E-state index contributed by atoms with van der Waals surface area (Å²) < 4.78 is 36.5. The van der Waals surface area contributed by atoms with Crippen molar-refractivity contribution in [3.63, 3.8) is 0 Å². The van der Waals surface area contributed by atoms with Crippen molar-refractivity contribution in [3.8, 4) is 17.1 Å². The van der Waals surface area contributed by atoms with Gasteiger partial charge in [-0.3, -0.25) is 9.78 Å². The number of carbonyl (C=O) groups excluding carboxylic acids is 1. The lowest BCUT2D eigenvalue weighted by Gasteiger charge is -2.36. The van der Waals surface area contributed by atoms with E-state index in [4.69, 9.17) is 9.72 Å². The molecule has 4 aromatic rings. The highest BCUT2D eigenvalue weighted by Gasteiger charge is 2.32. The lowest BCUT2D eigenvalue weighted by molar-refractivity contribution is 0.0509. The number of aromatic nitrogens is 3. The van der Waals surface area contributed by atoms with Crippen LogP contribution < -0.4 is 14.4 Å². The van der Waals surface area contributed by atoms with Gasteiger partial charge in [0.15, 0.2) is 0 Å². The number of nitrogens with zero attached hydrogens (tertiary/aromatic N) is 5. The average molecular weight is 685 g/mol. The minimum Gasteiger partial charge on any atom is -0.475 e. The maximum atomic E-state index is 14.6. The topological polar surface area (TPSA) is 118 Å². The summed E-state index contributed by atoms with van der Waals surface area (Å²) in [6, 6.07) is 17.2. The predicted molar refractivity (Wildman–Crippen MR) is 194 cm³/mol.